The lowest BCUT2D eigenvalue weighted by Gasteiger charge is -2.39. The number of carbonyl (C=O) groups excluding carboxylic acids is 2. The number of piperidine rings is 1. The van der Waals surface area contributed by atoms with Crippen LogP contribution in [0.4, 0.5) is 4.79 Å². The molecule has 7 nitrogen and oxygen atoms in total. The Kier molecular flexibility index (Phi) is 6.50. The van der Waals surface area contributed by atoms with E-state index in [2.05, 4.69) is 29.6 Å². The van der Waals surface area contributed by atoms with Crippen molar-refractivity contribution >= 4 is 18.0 Å². The van der Waals surface area contributed by atoms with Gasteiger partial charge in [0.05, 0.1) is 5.92 Å². The van der Waals surface area contributed by atoms with Crippen molar-refractivity contribution in [2.45, 2.75) is 44.6 Å². The first-order valence-electron chi connectivity index (χ1n) is 12.5. The van der Waals surface area contributed by atoms with E-state index < -0.39 is 18.0 Å². The van der Waals surface area contributed by atoms with E-state index in [4.69, 9.17) is 4.74 Å². The number of aliphatic carboxylic acids is 1. The van der Waals surface area contributed by atoms with Crippen molar-refractivity contribution < 1.29 is 24.2 Å². The molecule has 2 aromatic carbocycles. The summed E-state index contributed by atoms with van der Waals surface area (Å²) in [6, 6.07) is 16.5. The van der Waals surface area contributed by atoms with Crippen LogP contribution in [0.5, 0.6) is 0 Å². The lowest BCUT2D eigenvalue weighted by Crippen LogP contribution is -2.49. The molecule has 2 fully saturated rings. The zero-order valence-electron chi connectivity index (χ0n) is 20.0. The van der Waals surface area contributed by atoms with Gasteiger partial charge in [-0.25, -0.2) is 4.79 Å². The Morgan fingerprint density at radius 3 is 2.29 bits per heavy atom. The van der Waals surface area contributed by atoms with E-state index in [9.17, 15) is 19.5 Å². The molecule has 3 aliphatic rings. The highest BCUT2D eigenvalue weighted by molar-refractivity contribution is 5.80. The van der Waals surface area contributed by atoms with Crippen LogP contribution in [0.2, 0.25) is 0 Å². The van der Waals surface area contributed by atoms with E-state index in [0.29, 0.717) is 19.5 Å². The van der Waals surface area contributed by atoms with Crippen molar-refractivity contribution in [3.8, 4) is 11.1 Å². The minimum Gasteiger partial charge on any atom is -0.481 e. The fraction of sp³-hybridized carbons (Fsp3) is 0.464. The number of carboxylic acids is 1. The number of carboxylic acid groups (broad SMARTS) is 1. The first-order valence-corrected chi connectivity index (χ1v) is 12.5. The molecule has 0 radical (unpaired) electrons. The van der Waals surface area contributed by atoms with Gasteiger partial charge in [-0.15, -0.1) is 0 Å². The van der Waals surface area contributed by atoms with Crippen molar-refractivity contribution in [2.75, 3.05) is 19.7 Å². The lowest BCUT2D eigenvalue weighted by atomic mass is 9.77. The monoisotopic (exact) mass is 476 g/mol. The molecule has 2 aliphatic carbocycles. The van der Waals surface area contributed by atoms with Crippen LogP contribution in [0.25, 0.3) is 11.1 Å². The van der Waals surface area contributed by atoms with Crippen LogP contribution >= 0.6 is 0 Å². The number of nitrogens with one attached hydrogen (secondary N) is 1. The van der Waals surface area contributed by atoms with Crippen molar-refractivity contribution in [3.63, 3.8) is 0 Å². The molecule has 2 atom stereocenters. The van der Waals surface area contributed by atoms with Gasteiger partial charge in [0.15, 0.2) is 0 Å². The summed E-state index contributed by atoms with van der Waals surface area (Å²) >= 11 is 0. The van der Waals surface area contributed by atoms with Crippen LogP contribution < -0.4 is 5.32 Å². The second-order valence-corrected chi connectivity index (χ2v) is 10.3. The van der Waals surface area contributed by atoms with Crippen molar-refractivity contribution in [1.29, 1.82) is 0 Å². The second-order valence-electron chi connectivity index (χ2n) is 10.3. The molecule has 1 aliphatic heterocycles. The Hall–Kier alpha value is -3.35. The van der Waals surface area contributed by atoms with Crippen LogP contribution in [-0.4, -0.2) is 53.7 Å². The maximum absolute atomic E-state index is 12.7. The van der Waals surface area contributed by atoms with Gasteiger partial charge >= 0.3 is 12.1 Å². The summed E-state index contributed by atoms with van der Waals surface area (Å²) in [6.07, 6.45) is 2.18. The Morgan fingerprint density at radius 2 is 1.66 bits per heavy atom. The topological polar surface area (TPSA) is 95.9 Å². The average Bonchev–Trinajstić information content (AvgIpc) is 3.15. The molecule has 7 heteroatoms. The van der Waals surface area contributed by atoms with Gasteiger partial charge < -0.3 is 20.1 Å². The van der Waals surface area contributed by atoms with Crippen LogP contribution in [0, 0.1) is 17.8 Å². The minimum absolute atomic E-state index is 0.0107. The highest BCUT2D eigenvalue weighted by Gasteiger charge is 2.37. The number of carbonyl (C=O) groups is 3. The molecule has 1 saturated carbocycles. The summed E-state index contributed by atoms with van der Waals surface area (Å²) in [5, 5.41) is 12.3. The van der Waals surface area contributed by atoms with E-state index in [0.717, 1.165) is 19.3 Å². The molecule has 35 heavy (non-hydrogen) atoms. The van der Waals surface area contributed by atoms with Crippen molar-refractivity contribution in [3.05, 3.63) is 59.7 Å². The Balaban J connectivity index is 1.07. The predicted octanol–water partition coefficient (Wildman–Crippen LogP) is 4.26. The van der Waals surface area contributed by atoms with Crippen LogP contribution in [-0.2, 0) is 14.3 Å². The zero-order chi connectivity index (χ0) is 24.5. The van der Waals surface area contributed by atoms with Gasteiger partial charge in [0.1, 0.15) is 6.61 Å². The Morgan fingerprint density at radius 1 is 1.03 bits per heavy atom. The lowest BCUT2D eigenvalue weighted by molar-refractivity contribution is -0.148. The van der Waals surface area contributed by atoms with E-state index in [1.807, 2.05) is 31.2 Å². The predicted molar refractivity (Wildman–Crippen MR) is 131 cm³/mol. The molecule has 2 aromatic rings. The summed E-state index contributed by atoms with van der Waals surface area (Å²) in [4.78, 5) is 38.3. The maximum atomic E-state index is 12.7. The number of hydrogen-bond donors (Lipinski definition) is 2. The summed E-state index contributed by atoms with van der Waals surface area (Å²) in [7, 11) is 0. The van der Waals surface area contributed by atoms with Gasteiger partial charge in [0.2, 0.25) is 5.91 Å². The van der Waals surface area contributed by atoms with E-state index in [1.165, 1.54) is 22.3 Å². The number of likely N-dealkylation sites (tertiary alicyclic amines) is 1. The smallest absolute Gasteiger partial charge is 0.407 e. The van der Waals surface area contributed by atoms with Gasteiger partial charge in [-0.2, -0.15) is 0 Å². The van der Waals surface area contributed by atoms with Crippen LogP contribution in [0.1, 0.15) is 49.7 Å². The average molecular weight is 477 g/mol. The van der Waals surface area contributed by atoms with Gasteiger partial charge in [-0.1, -0.05) is 55.5 Å². The minimum atomic E-state index is -0.828. The first-order chi connectivity index (χ1) is 16.9. The fourth-order valence-corrected chi connectivity index (χ4v) is 5.82. The van der Waals surface area contributed by atoms with Gasteiger partial charge in [-0.05, 0) is 53.4 Å². The number of hydrogen-bond acceptors (Lipinski definition) is 4. The first kappa shape index (κ1) is 23.4. The number of alkyl carbamates (subject to hydrolysis) is 1. The number of nitrogens with zero attached hydrogens (tertiary/aromatic N) is 1. The molecule has 184 valence electrons. The maximum Gasteiger partial charge on any atom is 0.407 e. The quantitative estimate of drug-likeness (QED) is 0.649. The molecule has 0 aromatic heterocycles. The zero-order valence-corrected chi connectivity index (χ0v) is 20.0. The third-order valence-corrected chi connectivity index (χ3v) is 7.99. The largest absolute Gasteiger partial charge is 0.481 e. The number of fused-ring (bicyclic) bond motifs is 3. The molecule has 5 rings (SSSR count). The fourth-order valence-electron chi connectivity index (χ4n) is 5.82. The third-order valence-electron chi connectivity index (χ3n) is 7.99. The summed E-state index contributed by atoms with van der Waals surface area (Å²) < 4.78 is 5.62. The molecule has 1 saturated heterocycles. The highest BCUT2D eigenvalue weighted by Crippen LogP contribution is 2.44. The number of amides is 2. The van der Waals surface area contributed by atoms with Gasteiger partial charge in [0.25, 0.3) is 0 Å². The van der Waals surface area contributed by atoms with Crippen molar-refractivity contribution in [1.82, 2.24) is 10.2 Å². The molecule has 1 heterocycles. The van der Waals surface area contributed by atoms with E-state index in [1.54, 1.807) is 4.90 Å². The summed E-state index contributed by atoms with van der Waals surface area (Å²) in [5.74, 6) is -0.965. The molecular weight excluding hydrogens is 444 g/mol. The summed E-state index contributed by atoms with van der Waals surface area (Å²) in [6.45, 7) is 3.14. The number of ether oxygens (including phenoxy) is 1. The Bertz CT molecular complexity index is 1080. The van der Waals surface area contributed by atoms with Gasteiger partial charge in [0, 0.05) is 31.5 Å². The molecule has 0 bridgehead atoms. The van der Waals surface area contributed by atoms with Crippen LogP contribution in [0.3, 0.4) is 0 Å². The molecule has 0 spiro atoms. The molecule has 2 N–H and O–H groups in total. The highest BCUT2D eigenvalue weighted by atomic mass is 16.5. The summed E-state index contributed by atoms with van der Waals surface area (Å²) in [5.41, 5.74) is 4.75. The molecule has 2 amide bonds. The SMILES string of the molecule is CC1CCN(C(=O)CC2CC(NC(=O)OCC3c4ccccc4-c4ccccc43)C2)CC1C(=O)O. The normalized spacial score (nSPS) is 25.2. The molecular formula is C28H32N2O5. The van der Waals surface area contributed by atoms with E-state index in [-0.39, 0.29) is 36.3 Å². The van der Waals surface area contributed by atoms with Crippen LogP contribution in [0.15, 0.2) is 48.5 Å². The second kappa shape index (κ2) is 9.72. The molecule has 2 unspecified atom stereocenters. The van der Waals surface area contributed by atoms with Crippen molar-refractivity contribution in [2.24, 2.45) is 17.8 Å². The van der Waals surface area contributed by atoms with E-state index >= 15 is 0 Å². The number of benzene rings is 2. The van der Waals surface area contributed by atoms with Gasteiger partial charge in [-0.3, -0.25) is 9.59 Å². The third kappa shape index (κ3) is 4.77. The standard InChI is InChI=1S/C28H32N2O5/c1-17-10-11-30(15-24(17)27(32)33)26(31)14-18-12-19(13-18)29-28(34)35-16-25-22-8-4-2-6-20(22)21-7-3-5-9-23(21)25/h2-9,17-19,24-25H,10-16H2,1H3,(H,29,34)(H,32,33). The Labute approximate surface area is 205 Å². The number of rotatable bonds is 6.